The maximum atomic E-state index is 12.5. The van der Waals surface area contributed by atoms with Crippen molar-refractivity contribution in [1.29, 1.82) is 0 Å². The molecular formula is C6H10F2O3. The molecule has 1 atom stereocenters. The Morgan fingerprint density at radius 3 is 2.18 bits per heavy atom. The van der Waals surface area contributed by atoms with Crippen LogP contribution in [0.5, 0.6) is 0 Å². The summed E-state index contributed by atoms with van der Waals surface area (Å²) in [6.07, 6.45) is -0.0597. The second-order valence-electron chi connectivity index (χ2n) is 2.22. The summed E-state index contributed by atoms with van der Waals surface area (Å²) in [5, 5.41) is 16.4. The molecule has 0 aliphatic carbocycles. The van der Waals surface area contributed by atoms with Gasteiger partial charge in [-0.2, -0.15) is 8.78 Å². The first-order chi connectivity index (χ1) is 4.96. The Morgan fingerprint density at radius 1 is 1.64 bits per heavy atom. The van der Waals surface area contributed by atoms with Gasteiger partial charge < -0.3 is 10.2 Å². The third-order valence-corrected chi connectivity index (χ3v) is 1.51. The molecule has 0 aromatic rings. The number of hydrogen-bond acceptors (Lipinski definition) is 2. The number of aliphatic hydroxyl groups excluding tert-OH is 1. The van der Waals surface area contributed by atoms with Crippen LogP contribution in [0.3, 0.4) is 0 Å². The van der Waals surface area contributed by atoms with Gasteiger partial charge in [-0.15, -0.1) is 0 Å². The molecular weight excluding hydrogens is 158 g/mol. The Balaban J connectivity index is 4.36. The van der Waals surface area contributed by atoms with E-state index in [1.54, 1.807) is 0 Å². The molecule has 0 amide bonds. The molecule has 5 heteroatoms. The van der Waals surface area contributed by atoms with Crippen LogP contribution in [0, 0.1) is 5.92 Å². The first-order valence-electron chi connectivity index (χ1n) is 3.18. The lowest BCUT2D eigenvalue weighted by Crippen LogP contribution is -2.38. The highest BCUT2D eigenvalue weighted by Gasteiger charge is 2.45. The SMILES string of the molecule is CCC(CO)C(F)(F)C(=O)O. The van der Waals surface area contributed by atoms with Crippen molar-refractivity contribution in [1.82, 2.24) is 0 Å². The molecule has 0 aliphatic rings. The molecule has 3 nitrogen and oxygen atoms in total. The standard InChI is InChI=1S/C6H10F2O3/c1-2-4(3-9)6(7,8)5(10)11/h4,9H,2-3H2,1H3,(H,10,11). The average Bonchev–Trinajstić information content (AvgIpc) is 1.89. The Kier molecular flexibility index (Phi) is 3.38. The van der Waals surface area contributed by atoms with Crippen LogP contribution in [-0.4, -0.2) is 28.7 Å². The number of hydrogen-bond donors (Lipinski definition) is 2. The molecule has 0 bridgehead atoms. The van der Waals surface area contributed by atoms with Crippen LogP contribution in [0.2, 0.25) is 0 Å². The quantitative estimate of drug-likeness (QED) is 0.650. The van der Waals surface area contributed by atoms with Gasteiger partial charge in [0.05, 0.1) is 12.5 Å². The van der Waals surface area contributed by atoms with Gasteiger partial charge in [0.25, 0.3) is 0 Å². The summed E-state index contributed by atoms with van der Waals surface area (Å²) in [4.78, 5) is 9.92. The van der Waals surface area contributed by atoms with Gasteiger partial charge in [-0.1, -0.05) is 6.92 Å². The number of carboxylic acid groups (broad SMARTS) is 1. The normalized spacial score (nSPS) is 14.5. The van der Waals surface area contributed by atoms with Crippen LogP contribution in [0.1, 0.15) is 13.3 Å². The molecule has 0 saturated carbocycles. The summed E-state index contributed by atoms with van der Waals surface area (Å²) in [5.41, 5.74) is 0. The van der Waals surface area contributed by atoms with Gasteiger partial charge >= 0.3 is 11.9 Å². The van der Waals surface area contributed by atoms with Gasteiger partial charge in [0, 0.05) is 0 Å². The van der Waals surface area contributed by atoms with Gasteiger partial charge in [-0.25, -0.2) is 4.79 Å². The smallest absolute Gasteiger partial charge is 0.374 e. The second-order valence-corrected chi connectivity index (χ2v) is 2.22. The fraction of sp³-hybridized carbons (Fsp3) is 0.833. The predicted octanol–water partition coefficient (Wildman–Crippen LogP) is 0.725. The summed E-state index contributed by atoms with van der Waals surface area (Å²) in [7, 11) is 0. The largest absolute Gasteiger partial charge is 0.477 e. The van der Waals surface area contributed by atoms with E-state index in [1.165, 1.54) is 6.92 Å². The van der Waals surface area contributed by atoms with Crippen molar-refractivity contribution >= 4 is 5.97 Å². The number of rotatable bonds is 4. The molecule has 0 aromatic carbocycles. The van der Waals surface area contributed by atoms with Gasteiger partial charge in [0.15, 0.2) is 0 Å². The molecule has 0 rings (SSSR count). The Hall–Kier alpha value is -0.710. The summed E-state index contributed by atoms with van der Waals surface area (Å²) in [6, 6.07) is 0. The number of aliphatic carboxylic acids is 1. The van der Waals surface area contributed by atoms with E-state index in [0.29, 0.717) is 0 Å². The van der Waals surface area contributed by atoms with Crippen LogP contribution in [0.4, 0.5) is 8.78 Å². The Labute approximate surface area is 62.6 Å². The zero-order valence-electron chi connectivity index (χ0n) is 6.05. The molecule has 0 aliphatic heterocycles. The molecule has 0 aromatic heterocycles. The van der Waals surface area contributed by atoms with Crippen molar-refractivity contribution in [2.24, 2.45) is 5.92 Å². The van der Waals surface area contributed by atoms with Crippen LogP contribution < -0.4 is 0 Å². The molecule has 2 N–H and O–H groups in total. The lowest BCUT2D eigenvalue weighted by Gasteiger charge is -2.19. The van der Waals surface area contributed by atoms with E-state index >= 15 is 0 Å². The lowest BCUT2D eigenvalue weighted by molar-refractivity contribution is -0.176. The zero-order valence-corrected chi connectivity index (χ0v) is 6.05. The summed E-state index contributed by atoms with van der Waals surface area (Å²) < 4.78 is 24.9. The third kappa shape index (κ3) is 2.11. The summed E-state index contributed by atoms with van der Waals surface area (Å²) in [5.74, 6) is -7.48. The van der Waals surface area contributed by atoms with Gasteiger partial charge in [-0.3, -0.25) is 0 Å². The lowest BCUT2D eigenvalue weighted by atomic mass is 10.00. The number of carbonyl (C=O) groups is 1. The minimum atomic E-state index is -3.82. The molecule has 66 valence electrons. The van der Waals surface area contributed by atoms with E-state index in [2.05, 4.69) is 0 Å². The molecule has 0 heterocycles. The number of carboxylic acids is 1. The summed E-state index contributed by atoms with van der Waals surface area (Å²) in [6.45, 7) is 0.591. The topological polar surface area (TPSA) is 57.5 Å². The van der Waals surface area contributed by atoms with E-state index in [0.717, 1.165) is 0 Å². The van der Waals surface area contributed by atoms with E-state index in [1.807, 2.05) is 0 Å². The Bertz CT molecular complexity index is 143. The minimum Gasteiger partial charge on any atom is -0.477 e. The van der Waals surface area contributed by atoms with E-state index < -0.39 is 24.4 Å². The molecule has 0 radical (unpaired) electrons. The minimum absolute atomic E-state index is 0.0597. The fourth-order valence-electron chi connectivity index (χ4n) is 0.675. The van der Waals surface area contributed by atoms with E-state index in [9.17, 15) is 13.6 Å². The highest BCUT2D eigenvalue weighted by Crippen LogP contribution is 2.26. The zero-order chi connectivity index (χ0) is 9.07. The van der Waals surface area contributed by atoms with Gasteiger partial charge in [0.2, 0.25) is 0 Å². The first kappa shape index (κ1) is 10.3. The second kappa shape index (κ2) is 3.61. The third-order valence-electron chi connectivity index (χ3n) is 1.51. The molecule has 11 heavy (non-hydrogen) atoms. The van der Waals surface area contributed by atoms with Crippen molar-refractivity contribution in [3.05, 3.63) is 0 Å². The van der Waals surface area contributed by atoms with Crippen molar-refractivity contribution < 1.29 is 23.8 Å². The van der Waals surface area contributed by atoms with E-state index in [-0.39, 0.29) is 6.42 Å². The molecule has 0 fully saturated rings. The molecule has 0 spiro atoms. The van der Waals surface area contributed by atoms with Crippen LogP contribution in [-0.2, 0) is 4.79 Å². The van der Waals surface area contributed by atoms with Crippen molar-refractivity contribution in [2.45, 2.75) is 19.3 Å². The highest BCUT2D eigenvalue weighted by molar-refractivity contribution is 5.75. The number of halogens is 2. The van der Waals surface area contributed by atoms with Crippen molar-refractivity contribution in [3.63, 3.8) is 0 Å². The van der Waals surface area contributed by atoms with Crippen molar-refractivity contribution in [3.8, 4) is 0 Å². The van der Waals surface area contributed by atoms with Gasteiger partial charge in [-0.05, 0) is 6.42 Å². The highest BCUT2D eigenvalue weighted by atomic mass is 19.3. The van der Waals surface area contributed by atoms with Crippen LogP contribution in [0.15, 0.2) is 0 Å². The summed E-state index contributed by atoms with van der Waals surface area (Å²) >= 11 is 0. The number of alkyl halides is 2. The first-order valence-corrected chi connectivity index (χ1v) is 3.18. The predicted molar refractivity (Wildman–Crippen MR) is 33.4 cm³/mol. The Morgan fingerprint density at radius 2 is 2.09 bits per heavy atom. The van der Waals surface area contributed by atoms with Crippen LogP contribution in [0.25, 0.3) is 0 Å². The maximum Gasteiger partial charge on any atom is 0.374 e. The average molecular weight is 168 g/mol. The number of aliphatic hydroxyl groups is 1. The monoisotopic (exact) mass is 168 g/mol. The fourth-order valence-corrected chi connectivity index (χ4v) is 0.675. The van der Waals surface area contributed by atoms with Crippen LogP contribution >= 0.6 is 0 Å². The van der Waals surface area contributed by atoms with Gasteiger partial charge in [0.1, 0.15) is 0 Å². The maximum absolute atomic E-state index is 12.5. The molecule has 1 unspecified atom stereocenters. The van der Waals surface area contributed by atoms with E-state index in [4.69, 9.17) is 10.2 Å². The van der Waals surface area contributed by atoms with Crippen molar-refractivity contribution in [2.75, 3.05) is 6.61 Å². The molecule has 0 saturated heterocycles.